The number of benzene rings is 1. The molecule has 0 spiro atoms. The van der Waals surface area contributed by atoms with Crippen LogP contribution in [0.25, 0.3) is 0 Å². The highest BCUT2D eigenvalue weighted by Gasteiger charge is 2.50. The lowest BCUT2D eigenvalue weighted by atomic mass is 9.82. The van der Waals surface area contributed by atoms with E-state index in [0.717, 1.165) is 5.56 Å². The van der Waals surface area contributed by atoms with E-state index in [2.05, 4.69) is 4.18 Å². The molecule has 0 N–H and O–H groups in total. The molecule has 0 bridgehead atoms. The summed E-state index contributed by atoms with van der Waals surface area (Å²) in [6, 6.07) is 9.18. The van der Waals surface area contributed by atoms with Crippen molar-refractivity contribution in [1.29, 1.82) is 0 Å². The molecule has 0 fully saturated rings. The van der Waals surface area contributed by atoms with Crippen molar-refractivity contribution in [3.63, 3.8) is 0 Å². The molecule has 1 aromatic rings. The molecule has 0 amide bonds. The summed E-state index contributed by atoms with van der Waals surface area (Å²) < 4.78 is 64.0. The van der Waals surface area contributed by atoms with Gasteiger partial charge in [0, 0.05) is 5.41 Å². The van der Waals surface area contributed by atoms with Crippen molar-refractivity contribution in [2.24, 2.45) is 5.41 Å². The average molecular weight is 320 g/mol. The third kappa shape index (κ3) is 3.40. The zero-order valence-corrected chi connectivity index (χ0v) is 12.2. The summed E-state index contributed by atoms with van der Waals surface area (Å²) in [5.41, 5.74) is -5.25. The summed E-state index contributed by atoms with van der Waals surface area (Å²) in [7, 11) is -5.61. The minimum Gasteiger partial charge on any atom is -0.380 e. The zero-order valence-electron chi connectivity index (χ0n) is 11.4. The molecule has 7 heteroatoms. The predicted octanol–water partition coefficient (Wildman–Crippen LogP) is 3.78. The van der Waals surface area contributed by atoms with E-state index in [0.29, 0.717) is 19.3 Å². The lowest BCUT2D eigenvalue weighted by Crippen LogP contribution is -2.29. The van der Waals surface area contributed by atoms with Crippen LogP contribution >= 0.6 is 0 Å². The van der Waals surface area contributed by atoms with E-state index in [1.807, 2.05) is 30.3 Å². The van der Waals surface area contributed by atoms with E-state index in [4.69, 9.17) is 0 Å². The first-order valence-electron chi connectivity index (χ1n) is 6.39. The Morgan fingerprint density at radius 3 is 2.43 bits per heavy atom. The van der Waals surface area contributed by atoms with Crippen molar-refractivity contribution >= 4 is 10.1 Å². The normalized spacial score (nSPS) is 23.0. The van der Waals surface area contributed by atoms with E-state index in [-0.39, 0.29) is 5.76 Å². The van der Waals surface area contributed by atoms with Crippen molar-refractivity contribution in [1.82, 2.24) is 0 Å². The van der Waals surface area contributed by atoms with E-state index < -0.39 is 21.0 Å². The molecule has 3 nitrogen and oxygen atoms in total. The average Bonchev–Trinajstić information content (AvgIpc) is 2.70. The lowest BCUT2D eigenvalue weighted by Gasteiger charge is -2.27. The van der Waals surface area contributed by atoms with E-state index in [9.17, 15) is 21.6 Å². The first kappa shape index (κ1) is 15.9. The van der Waals surface area contributed by atoms with Crippen LogP contribution < -0.4 is 0 Å². The topological polar surface area (TPSA) is 43.4 Å². The molecule has 0 saturated carbocycles. The SMILES string of the molecule is CC1(Cc2ccccc2)CCC=C1OS(=O)(=O)C(F)(F)F. The predicted molar refractivity (Wildman–Crippen MR) is 71.6 cm³/mol. The number of rotatable bonds is 4. The van der Waals surface area contributed by atoms with Crippen LogP contribution in [0.2, 0.25) is 0 Å². The fourth-order valence-corrected chi connectivity index (χ4v) is 3.01. The van der Waals surface area contributed by atoms with Crippen LogP contribution in [0.15, 0.2) is 42.2 Å². The minimum absolute atomic E-state index is 0.122. The molecule has 21 heavy (non-hydrogen) atoms. The van der Waals surface area contributed by atoms with Crippen molar-refractivity contribution in [2.45, 2.75) is 31.7 Å². The summed E-state index contributed by atoms with van der Waals surface area (Å²) in [4.78, 5) is 0. The van der Waals surface area contributed by atoms with E-state index in [1.54, 1.807) is 6.92 Å². The number of hydrogen-bond acceptors (Lipinski definition) is 3. The van der Waals surface area contributed by atoms with Crippen LogP contribution in [0.3, 0.4) is 0 Å². The summed E-state index contributed by atoms with van der Waals surface area (Å²) in [5, 5.41) is 0. The van der Waals surface area contributed by atoms with Gasteiger partial charge in [0.15, 0.2) is 0 Å². The fourth-order valence-electron chi connectivity index (χ4n) is 2.41. The molecule has 1 aliphatic carbocycles. The van der Waals surface area contributed by atoms with Crippen molar-refractivity contribution in [3.05, 3.63) is 47.7 Å². The van der Waals surface area contributed by atoms with Gasteiger partial charge in [-0.3, -0.25) is 0 Å². The maximum atomic E-state index is 12.4. The molecule has 1 unspecified atom stereocenters. The van der Waals surface area contributed by atoms with E-state index in [1.165, 1.54) is 6.08 Å². The first-order chi connectivity index (χ1) is 9.64. The number of allylic oxidation sites excluding steroid dienone is 2. The van der Waals surface area contributed by atoms with Gasteiger partial charge in [-0.25, -0.2) is 0 Å². The monoisotopic (exact) mass is 320 g/mol. The Balaban J connectivity index is 2.21. The Labute approximate surface area is 121 Å². The molecule has 0 aliphatic heterocycles. The molecular formula is C14H15F3O3S. The molecule has 116 valence electrons. The second-order valence-corrected chi connectivity index (χ2v) is 6.85. The lowest BCUT2D eigenvalue weighted by molar-refractivity contribution is -0.0531. The number of halogens is 3. The molecule has 1 aliphatic rings. The maximum Gasteiger partial charge on any atom is 0.534 e. The molecule has 1 atom stereocenters. The molecular weight excluding hydrogens is 305 g/mol. The van der Waals surface area contributed by atoms with Gasteiger partial charge in [0.25, 0.3) is 0 Å². The maximum absolute atomic E-state index is 12.4. The van der Waals surface area contributed by atoms with Crippen molar-refractivity contribution < 1.29 is 25.8 Å². The molecule has 0 saturated heterocycles. The Morgan fingerprint density at radius 2 is 1.86 bits per heavy atom. The quantitative estimate of drug-likeness (QED) is 0.626. The van der Waals surface area contributed by atoms with Gasteiger partial charge in [0.2, 0.25) is 0 Å². The molecule has 0 heterocycles. The largest absolute Gasteiger partial charge is 0.534 e. The van der Waals surface area contributed by atoms with Gasteiger partial charge in [-0.2, -0.15) is 21.6 Å². The van der Waals surface area contributed by atoms with Crippen molar-refractivity contribution in [2.75, 3.05) is 0 Å². The van der Waals surface area contributed by atoms with Crippen LogP contribution in [0, 0.1) is 5.41 Å². The highest BCUT2D eigenvalue weighted by atomic mass is 32.2. The first-order valence-corrected chi connectivity index (χ1v) is 7.80. The van der Waals surface area contributed by atoms with E-state index >= 15 is 0 Å². The second kappa shape index (κ2) is 5.36. The van der Waals surface area contributed by atoms with Gasteiger partial charge in [0.1, 0.15) is 5.76 Å². The van der Waals surface area contributed by atoms with Gasteiger partial charge >= 0.3 is 15.6 Å². The van der Waals surface area contributed by atoms with Gasteiger partial charge in [-0.1, -0.05) is 37.3 Å². The Kier molecular flexibility index (Phi) is 4.06. The Morgan fingerprint density at radius 1 is 1.24 bits per heavy atom. The summed E-state index contributed by atoms with van der Waals surface area (Å²) >= 11 is 0. The van der Waals surface area contributed by atoms with Crippen LogP contribution in [0.1, 0.15) is 25.3 Å². The highest BCUT2D eigenvalue weighted by Crippen LogP contribution is 2.44. The standard InChI is InChI=1S/C14H15F3O3S/c1-13(10-11-6-3-2-4-7-11)9-5-8-12(13)20-21(18,19)14(15,16)17/h2-4,6-8H,5,9-10H2,1H3. The van der Waals surface area contributed by atoms with Crippen LogP contribution in [-0.2, 0) is 20.7 Å². The summed E-state index contributed by atoms with van der Waals surface area (Å²) in [6.07, 6.45) is 2.88. The Bertz CT molecular complexity index is 635. The van der Waals surface area contributed by atoms with Crippen LogP contribution in [-0.4, -0.2) is 13.9 Å². The highest BCUT2D eigenvalue weighted by molar-refractivity contribution is 7.87. The summed E-state index contributed by atoms with van der Waals surface area (Å²) in [5.74, 6) is -0.122. The zero-order chi connectivity index (χ0) is 15.7. The second-order valence-electron chi connectivity index (χ2n) is 5.31. The van der Waals surface area contributed by atoms with Gasteiger partial charge < -0.3 is 4.18 Å². The molecule has 2 rings (SSSR count). The molecule has 0 aromatic heterocycles. The third-order valence-corrected chi connectivity index (χ3v) is 4.51. The van der Waals surface area contributed by atoms with Crippen molar-refractivity contribution in [3.8, 4) is 0 Å². The number of alkyl halides is 3. The van der Waals surface area contributed by atoms with Gasteiger partial charge in [0.05, 0.1) is 0 Å². The molecule has 1 aromatic carbocycles. The Hall–Kier alpha value is -1.50. The smallest absolute Gasteiger partial charge is 0.380 e. The summed E-state index contributed by atoms with van der Waals surface area (Å²) in [6.45, 7) is 1.71. The minimum atomic E-state index is -5.61. The fraction of sp³-hybridized carbons (Fsp3) is 0.429. The van der Waals surface area contributed by atoms with Crippen LogP contribution in [0.5, 0.6) is 0 Å². The number of hydrogen-bond donors (Lipinski definition) is 0. The van der Waals surface area contributed by atoms with Gasteiger partial charge in [-0.15, -0.1) is 0 Å². The third-order valence-electron chi connectivity index (χ3n) is 3.54. The molecule has 0 radical (unpaired) electrons. The van der Waals surface area contributed by atoms with Gasteiger partial charge in [-0.05, 0) is 30.9 Å². The van der Waals surface area contributed by atoms with Crippen LogP contribution in [0.4, 0.5) is 13.2 Å².